The summed E-state index contributed by atoms with van der Waals surface area (Å²) in [6.07, 6.45) is 0. The van der Waals surface area contributed by atoms with Gasteiger partial charge in [0.05, 0.1) is 6.04 Å². The van der Waals surface area contributed by atoms with Crippen LogP contribution in [0, 0.1) is 13.8 Å². The summed E-state index contributed by atoms with van der Waals surface area (Å²) in [6.45, 7) is 5.95. The molecule has 0 bridgehead atoms. The number of amides is 1. The molecule has 0 aliphatic rings. The molecule has 3 nitrogen and oxygen atoms in total. The number of carbonyl (C=O) groups excluding carboxylic acids is 1. The van der Waals surface area contributed by atoms with Crippen molar-refractivity contribution in [3.8, 4) is 0 Å². The van der Waals surface area contributed by atoms with Gasteiger partial charge in [0, 0.05) is 11.3 Å². The van der Waals surface area contributed by atoms with Gasteiger partial charge in [-0.05, 0) is 49.6 Å². The number of nitrogens with one attached hydrogen (secondary N) is 1. The SMILES string of the molecule is Cc1ccc(C(=O)N[C@H](C)c2ccccc2C)cc1N. The Hall–Kier alpha value is -2.29. The van der Waals surface area contributed by atoms with Crippen LogP contribution in [0.25, 0.3) is 0 Å². The number of rotatable bonds is 3. The summed E-state index contributed by atoms with van der Waals surface area (Å²) in [6, 6.07) is 13.4. The van der Waals surface area contributed by atoms with E-state index in [1.807, 2.05) is 51.1 Å². The third kappa shape index (κ3) is 2.99. The van der Waals surface area contributed by atoms with E-state index >= 15 is 0 Å². The van der Waals surface area contributed by atoms with Crippen LogP contribution in [0.3, 0.4) is 0 Å². The first-order chi connectivity index (χ1) is 9.49. The molecular weight excluding hydrogens is 248 g/mol. The Morgan fingerprint density at radius 2 is 1.80 bits per heavy atom. The van der Waals surface area contributed by atoms with E-state index in [1.54, 1.807) is 12.1 Å². The maximum atomic E-state index is 12.2. The van der Waals surface area contributed by atoms with E-state index in [0.29, 0.717) is 11.3 Å². The number of anilines is 1. The summed E-state index contributed by atoms with van der Waals surface area (Å²) in [4.78, 5) is 12.2. The molecule has 2 rings (SSSR count). The molecule has 0 aliphatic heterocycles. The molecule has 0 radical (unpaired) electrons. The third-order valence-electron chi connectivity index (χ3n) is 3.54. The summed E-state index contributed by atoms with van der Waals surface area (Å²) < 4.78 is 0. The van der Waals surface area contributed by atoms with Crippen molar-refractivity contribution in [3.05, 3.63) is 64.7 Å². The van der Waals surface area contributed by atoms with Crippen molar-refractivity contribution in [2.45, 2.75) is 26.8 Å². The Morgan fingerprint density at radius 1 is 1.10 bits per heavy atom. The lowest BCUT2D eigenvalue weighted by Crippen LogP contribution is -2.27. The van der Waals surface area contributed by atoms with Crippen LogP contribution in [-0.4, -0.2) is 5.91 Å². The number of benzene rings is 2. The van der Waals surface area contributed by atoms with Crippen LogP contribution in [0.5, 0.6) is 0 Å². The molecule has 0 aliphatic carbocycles. The van der Waals surface area contributed by atoms with Crippen LogP contribution in [0.1, 0.15) is 40.0 Å². The van der Waals surface area contributed by atoms with Gasteiger partial charge in [0.2, 0.25) is 0 Å². The number of hydrogen-bond donors (Lipinski definition) is 2. The van der Waals surface area contributed by atoms with Gasteiger partial charge in [-0.15, -0.1) is 0 Å². The zero-order chi connectivity index (χ0) is 14.7. The lowest BCUT2D eigenvalue weighted by atomic mass is 10.0. The monoisotopic (exact) mass is 268 g/mol. The van der Waals surface area contributed by atoms with E-state index < -0.39 is 0 Å². The molecule has 0 spiro atoms. The van der Waals surface area contributed by atoms with Crippen molar-refractivity contribution in [1.82, 2.24) is 5.32 Å². The minimum atomic E-state index is -0.104. The molecule has 0 unspecified atom stereocenters. The molecule has 1 amide bonds. The van der Waals surface area contributed by atoms with Crippen molar-refractivity contribution < 1.29 is 4.79 Å². The summed E-state index contributed by atoms with van der Waals surface area (Å²) in [5, 5.41) is 3.01. The molecule has 0 saturated heterocycles. The van der Waals surface area contributed by atoms with Crippen molar-refractivity contribution >= 4 is 11.6 Å². The highest BCUT2D eigenvalue weighted by atomic mass is 16.1. The lowest BCUT2D eigenvalue weighted by Gasteiger charge is -2.17. The lowest BCUT2D eigenvalue weighted by molar-refractivity contribution is 0.0940. The highest BCUT2D eigenvalue weighted by Gasteiger charge is 2.13. The molecule has 0 aromatic heterocycles. The Bertz CT molecular complexity index is 635. The maximum Gasteiger partial charge on any atom is 0.251 e. The van der Waals surface area contributed by atoms with E-state index in [4.69, 9.17) is 5.73 Å². The van der Waals surface area contributed by atoms with Crippen molar-refractivity contribution in [3.63, 3.8) is 0 Å². The fourth-order valence-electron chi connectivity index (χ4n) is 2.21. The number of nitrogen functional groups attached to an aromatic ring is 1. The predicted octanol–water partition coefficient (Wildman–Crippen LogP) is 3.38. The van der Waals surface area contributed by atoms with Crippen LogP contribution in [0.2, 0.25) is 0 Å². The predicted molar refractivity (Wildman–Crippen MR) is 82.7 cm³/mol. The zero-order valence-corrected chi connectivity index (χ0v) is 12.1. The molecule has 0 heterocycles. The zero-order valence-electron chi connectivity index (χ0n) is 12.1. The summed E-state index contributed by atoms with van der Waals surface area (Å²) in [7, 11) is 0. The first-order valence-corrected chi connectivity index (χ1v) is 6.71. The Morgan fingerprint density at radius 3 is 2.45 bits per heavy atom. The minimum absolute atomic E-state index is 0.0359. The summed E-state index contributed by atoms with van der Waals surface area (Å²) >= 11 is 0. The van der Waals surface area contributed by atoms with E-state index in [-0.39, 0.29) is 11.9 Å². The van der Waals surface area contributed by atoms with Gasteiger partial charge in [-0.3, -0.25) is 4.79 Å². The molecular formula is C17H20N2O. The molecule has 2 aromatic carbocycles. The number of aryl methyl sites for hydroxylation is 2. The molecule has 3 heteroatoms. The van der Waals surface area contributed by atoms with Gasteiger partial charge in [0.1, 0.15) is 0 Å². The average Bonchev–Trinajstić information content (AvgIpc) is 2.42. The molecule has 0 saturated carbocycles. The van der Waals surface area contributed by atoms with Crippen LogP contribution in [0.4, 0.5) is 5.69 Å². The third-order valence-corrected chi connectivity index (χ3v) is 3.54. The van der Waals surface area contributed by atoms with Gasteiger partial charge in [-0.2, -0.15) is 0 Å². The second kappa shape index (κ2) is 5.78. The number of nitrogens with two attached hydrogens (primary N) is 1. The van der Waals surface area contributed by atoms with Crippen LogP contribution in [0.15, 0.2) is 42.5 Å². The first-order valence-electron chi connectivity index (χ1n) is 6.71. The molecule has 1 atom stereocenters. The van der Waals surface area contributed by atoms with Crippen LogP contribution in [-0.2, 0) is 0 Å². The smallest absolute Gasteiger partial charge is 0.251 e. The molecule has 3 N–H and O–H groups in total. The highest BCUT2D eigenvalue weighted by Crippen LogP contribution is 2.18. The van der Waals surface area contributed by atoms with Crippen LogP contribution >= 0.6 is 0 Å². The largest absolute Gasteiger partial charge is 0.398 e. The molecule has 20 heavy (non-hydrogen) atoms. The van der Waals surface area contributed by atoms with Gasteiger partial charge >= 0.3 is 0 Å². The van der Waals surface area contributed by atoms with E-state index in [0.717, 1.165) is 11.1 Å². The van der Waals surface area contributed by atoms with Crippen molar-refractivity contribution in [1.29, 1.82) is 0 Å². The van der Waals surface area contributed by atoms with Gasteiger partial charge in [0.25, 0.3) is 5.91 Å². The summed E-state index contributed by atoms with van der Waals surface area (Å²) in [5.74, 6) is -0.104. The van der Waals surface area contributed by atoms with E-state index in [2.05, 4.69) is 5.32 Å². The van der Waals surface area contributed by atoms with Crippen molar-refractivity contribution in [2.24, 2.45) is 0 Å². The van der Waals surface area contributed by atoms with Crippen molar-refractivity contribution in [2.75, 3.05) is 5.73 Å². The van der Waals surface area contributed by atoms with Gasteiger partial charge < -0.3 is 11.1 Å². The fourth-order valence-corrected chi connectivity index (χ4v) is 2.21. The topological polar surface area (TPSA) is 55.1 Å². The van der Waals surface area contributed by atoms with Gasteiger partial charge in [-0.25, -0.2) is 0 Å². The van der Waals surface area contributed by atoms with E-state index in [1.165, 1.54) is 5.56 Å². The van der Waals surface area contributed by atoms with Gasteiger partial charge in [-0.1, -0.05) is 30.3 Å². The highest BCUT2D eigenvalue weighted by molar-refractivity contribution is 5.95. The maximum absolute atomic E-state index is 12.2. The molecule has 104 valence electrons. The van der Waals surface area contributed by atoms with Crippen LogP contribution < -0.4 is 11.1 Å². The number of carbonyl (C=O) groups is 1. The second-order valence-electron chi connectivity index (χ2n) is 5.12. The summed E-state index contributed by atoms with van der Waals surface area (Å²) in [5.41, 5.74) is 10.4. The van der Waals surface area contributed by atoms with Gasteiger partial charge in [0.15, 0.2) is 0 Å². The standard InChI is InChI=1S/C17H20N2O/c1-11-6-4-5-7-15(11)13(3)19-17(20)14-9-8-12(2)16(18)10-14/h4-10,13H,18H2,1-3H3,(H,19,20)/t13-/m1/s1. The Kier molecular flexibility index (Phi) is 4.08. The Balaban J connectivity index is 2.15. The normalized spacial score (nSPS) is 11.9. The minimum Gasteiger partial charge on any atom is -0.398 e. The average molecular weight is 268 g/mol. The fraction of sp³-hybridized carbons (Fsp3) is 0.235. The molecule has 0 fully saturated rings. The first kappa shape index (κ1) is 14.1. The quantitative estimate of drug-likeness (QED) is 0.838. The number of hydrogen-bond acceptors (Lipinski definition) is 2. The van der Waals surface area contributed by atoms with E-state index in [9.17, 15) is 4.79 Å². The second-order valence-corrected chi connectivity index (χ2v) is 5.12. The Labute approximate surface area is 119 Å². The molecule has 2 aromatic rings.